The Bertz CT molecular complexity index is 134. The van der Waals surface area contributed by atoms with E-state index in [0.29, 0.717) is 12.5 Å². The normalized spacial score (nSPS) is 13.1. The van der Waals surface area contributed by atoms with E-state index < -0.39 is 0 Å². The van der Waals surface area contributed by atoms with Gasteiger partial charge >= 0.3 is 5.97 Å². The fourth-order valence-electron chi connectivity index (χ4n) is 1.12. The third kappa shape index (κ3) is 6.16. The van der Waals surface area contributed by atoms with Crippen LogP contribution in [-0.4, -0.2) is 25.7 Å². The molecule has 3 nitrogen and oxygen atoms in total. The van der Waals surface area contributed by atoms with Crippen molar-refractivity contribution in [2.24, 2.45) is 5.92 Å². The van der Waals surface area contributed by atoms with Gasteiger partial charge in [-0.3, -0.25) is 4.79 Å². The largest absolute Gasteiger partial charge is 0.462 e. The summed E-state index contributed by atoms with van der Waals surface area (Å²) in [6.07, 6.45) is 0.959. The van der Waals surface area contributed by atoms with Gasteiger partial charge in [-0.1, -0.05) is 13.8 Å². The van der Waals surface area contributed by atoms with Crippen molar-refractivity contribution >= 4 is 5.97 Å². The molecule has 0 heterocycles. The minimum atomic E-state index is -0.175. The van der Waals surface area contributed by atoms with Gasteiger partial charge < -0.3 is 10.1 Å². The number of carbonyl (C=O) groups excluding carboxylic acids is 1. The van der Waals surface area contributed by atoms with Gasteiger partial charge in [-0.25, -0.2) is 0 Å². The van der Waals surface area contributed by atoms with Gasteiger partial charge in [0.05, 0.1) is 12.6 Å². The molecule has 0 aromatic rings. The molecular formula is C9H19NO2. The molecule has 0 spiro atoms. The van der Waals surface area contributed by atoms with Crippen LogP contribution in [0.1, 0.15) is 27.2 Å². The molecule has 12 heavy (non-hydrogen) atoms. The average molecular weight is 173 g/mol. The second-order valence-corrected chi connectivity index (χ2v) is 3.46. The Balaban J connectivity index is 3.54. The minimum Gasteiger partial charge on any atom is -0.462 e. The first-order valence-corrected chi connectivity index (χ1v) is 4.40. The Morgan fingerprint density at radius 3 is 2.42 bits per heavy atom. The number of nitrogens with one attached hydrogen (secondary N) is 1. The van der Waals surface area contributed by atoms with Gasteiger partial charge in [-0.2, -0.15) is 0 Å². The topological polar surface area (TPSA) is 38.3 Å². The SMILES string of the molecule is CNCC(=O)OC(C)CC(C)C. The zero-order valence-electron chi connectivity index (χ0n) is 8.39. The highest BCUT2D eigenvalue weighted by atomic mass is 16.5. The van der Waals surface area contributed by atoms with E-state index in [1.54, 1.807) is 7.05 Å². The number of carbonyl (C=O) groups is 1. The third-order valence-electron chi connectivity index (χ3n) is 1.46. The number of ether oxygens (including phenoxy) is 1. The van der Waals surface area contributed by atoms with Crippen molar-refractivity contribution in [2.45, 2.75) is 33.3 Å². The molecule has 1 atom stereocenters. The lowest BCUT2D eigenvalue weighted by Crippen LogP contribution is -2.25. The van der Waals surface area contributed by atoms with Gasteiger partial charge in [0.15, 0.2) is 0 Å². The fraction of sp³-hybridized carbons (Fsp3) is 0.889. The Labute approximate surface area is 74.5 Å². The summed E-state index contributed by atoms with van der Waals surface area (Å²) in [6.45, 7) is 6.45. The molecule has 0 saturated heterocycles. The molecule has 0 aromatic heterocycles. The van der Waals surface area contributed by atoms with Crippen molar-refractivity contribution in [2.75, 3.05) is 13.6 Å². The summed E-state index contributed by atoms with van der Waals surface area (Å²) >= 11 is 0. The summed E-state index contributed by atoms with van der Waals surface area (Å²) in [5.74, 6) is 0.396. The van der Waals surface area contributed by atoms with E-state index in [9.17, 15) is 4.79 Å². The maximum absolute atomic E-state index is 11.0. The zero-order valence-corrected chi connectivity index (χ0v) is 8.39. The Morgan fingerprint density at radius 2 is 2.00 bits per heavy atom. The van der Waals surface area contributed by atoms with Gasteiger partial charge in [-0.15, -0.1) is 0 Å². The van der Waals surface area contributed by atoms with Crippen LogP contribution in [0, 0.1) is 5.92 Å². The summed E-state index contributed by atoms with van der Waals surface area (Å²) in [7, 11) is 1.73. The third-order valence-corrected chi connectivity index (χ3v) is 1.46. The summed E-state index contributed by atoms with van der Waals surface area (Å²) in [6, 6.07) is 0. The fourth-order valence-corrected chi connectivity index (χ4v) is 1.12. The van der Waals surface area contributed by atoms with Gasteiger partial charge in [0.2, 0.25) is 0 Å². The second kappa shape index (κ2) is 6.00. The lowest BCUT2D eigenvalue weighted by molar-refractivity contribution is -0.147. The first-order valence-electron chi connectivity index (χ1n) is 4.40. The predicted molar refractivity (Wildman–Crippen MR) is 48.9 cm³/mol. The highest BCUT2D eigenvalue weighted by Crippen LogP contribution is 2.07. The maximum atomic E-state index is 11.0. The van der Waals surface area contributed by atoms with E-state index in [1.807, 2.05) is 6.92 Å². The standard InChI is InChI=1S/C9H19NO2/c1-7(2)5-8(3)12-9(11)6-10-4/h7-8,10H,5-6H2,1-4H3. The number of hydrogen-bond acceptors (Lipinski definition) is 3. The molecule has 0 saturated carbocycles. The molecule has 0 fully saturated rings. The Morgan fingerprint density at radius 1 is 1.42 bits per heavy atom. The lowest BCUT2D eigenvalue weighted by Gasteiger charge is -2.14. The molecule has 0 aliphatic heterocycles. The molecule has 0 aliphatic carbocycles. The van der Waals surface area contributed by atoms with Crippen LogP contribution in [0.3, 0.4) is 0 Å². The Kier molecular flexibility index (Phi) is 5.72. The van der Waals surface area contributed by atoms with Gasteiger partial charge in [0.1, 0.15) is 0 Å². The molecule has 0 rings (SSSR count). The van der Waals surface area contributed by atoms with Crippen molar-refractivity contribution in [1.29, 1.82) is 0 Å². The quantitative estimate of drug-likeness (QED) is 0.634. The number of esters is 1. The molecule has 1 unspecified atom stereocenters. The first kappa shape index (κ1) is 11.4. The van der Waals surface area contributed by atoms with Crippen molar-refractivity contribution in [1.82, 2.24) is 5.32 Å². The molecular weight excluding hydrogens is 154 g/mol. The first-order chi connectivity index (χ1) is 5.56. The molecule has 0 amide bonds. The summed E-state index contributed by atoms with van der Waals surface area (Å²) in [4.78, 5) is 11.0. The van der Waals surface area contributed by atoms with Crippen LogP contribution in [-0.2, 0) is 9.53 Å². The maximum Gasteiger partial charge on any atom is 0.320 e. The van der Waals surface area contributed by atoms with Crippen LogP contribution in [0.15, 0.2) is 0 Å². The van der Waals surface area contributed by atoms with Crippen LogP contribution in [0.4, 0.5) is 0 Å². The minimum absolute atomic E-state index is 0.0332. The number of rotatable bonds is 5. The Hall–Kier alpha value is -0.570. The zero-order chi connectivity index (χ0) is 9.56. The molecule has 3 heteroatoms. The number of likely N-dealkylation sites (N-methyl/N-ethyl adjacent to an activating group) is 1. The average Bonchev–Trinajstić information content (AvgIpc) is 1.84. The molecule has 0 bridgehead atoms. The molecule has 1 N–H and O–H groups in total. The molecule has 0 aliphatic rings. The smallest absolute Gasteiger partial charge is 0.320 e. The van der Waals surface area contributed by atoms with Crippen LogP contribution in [0.25, 0.3) is 0 Å². The molecule has 0 aromatic carbocycles. The monoisotopic (exact) mass is 173 g/mol. The van der Waals surface area contributed by atoms with Crippen LogP contribution < -0.4 is 5.32 Å². The highest BCUT2D eigenvalue weighted by molar-refractivity contribution is 5.71. The summed E-state index contributed by atoms with van der Waals surface area (Å²) < 4.78 is 5.10. The van der Waals surface area contributed by atoms with Gasteiger partial charge in [-0.05, 0) is 26.3 Å². The molecule has 0 radical (unpaired) electrons. The van der Waals surface area contributed by atoms with E-state index in [-0.39, 0.29) is 12.1 Å². The number of hydrogen-bond donors (Lipinski definition) is 1. The summed E-state index contributed by atoms with van der Waals surface area (Å²) in [5, 5.41) is 2.75. The van der Waals surface area contributed by atoms with E-state index in [2.05, 4.69) is 19.2 Å². The van der Waals surface area contributed by atoms with Crippen LogP contribution in [0.2, 0.25) is 0 Å². The van der Waals surface area contributed by atoms with Crippen molar-refractivity contribution in [3.05, 3.63) is 0 Å². The van der Waals surface area contributed by atoms with Gasteiger partial charge in [0, 0.05) is 0 Å². The van der Waals surface area contributed by atoms with Crippen molar-refractivity contribution in [3.63, 3.8) is 0 Å². The molecule has 72 valence electrons. The van der Waals surface area contributed by atoms with E-state index >= 15 is 0 Å². The predicted octanol–water partition coefficient (Wildman–Crippen LogP) is 1.18. The van der Waals surface area contributed by atoms with Crippen LogP contribution in [0.5, 0.6) is 0 Å². The second-order valence-electron chi connectivity index (χ2n) is 3.46. The van der Waals surface area contributed by atoms with E-state index in [0.717, 1.165) is 6.42 Å². The van der Waals surface area contributed by atoms with Crippen LogP contribution >= 0.6 is 0 Å². The summed E-state index contributed by atoms with van der Waals surface area (Å²) in [5.41, 5.74) is 0. The van der Waals surface area contributed by atoms with Crippen molar-refractivity contribution in [3.8, 4) is 0 Å². The van der Waals surface area contributed by atoms with Crippen molar-refractivity contribution < 1.29 is 9.53 Å². The van der Waals surface area contributed by atoms with E-state index in [1.165, 1.54) is 0 Å². The highest BCUT2D eigenvalue weighted by Gasteiger charge is 2.09. The van der Waals surface area contributed by atoms with E-state index in [4.69, 9.17) is 4.74 Å². The van der Waals surface area contributed by atoms with Gasteiger partial charge in [0.25, 0.3) is 0 Å². The lowest BCUT2D eigenvalue weighted by atomic mass is 10.1.